The molecular weight excluding hydrogens is 343 g/mol. The zero-order valence-corrected chi connectivity index (χ0v) is 14.6. The first-order valence-electron chi connectivity index (χ1n) is 8.47. The van der Waals surface area contributed by atoms with Crippen molar-refractivity contribution in [3.63, 3.8) is 0 Å². The third-order valence-electron chi connectivity index (χ3n) is 4.22. The van der Waals surface area contributed by atoms with E-state index in [1.807, 2.05) is 60.3 Å². The fourth-order valence-electron chi connectivity index (χ4n) is 2.83. The highest BCUT2D eigenvalue weighted by atomic mass is 19.1. The van der Waals surface area contributed by atoms with Crippen LogP contribution in [0, 0.1) is 12.7 Å². The maximum atomic E-state index is 13.1. The van der Waals surface area contributed by atoms with Crippen molar-refractivity contribution in [1.29, 1.82) is 0 Å². The molecule has 6 heteroatoms. The first-order chi connectivity index (χ1) is 13.1. The van der Waals surface area contributed by atoms with Crippen molar-refractivity contribution in [2.75, 3.05) is 5.32 Å². The molecule has 0 bridgehead atoms. The molecule has 2 heterocycles. The monoisotopic (exact) mass is 360 g/mol. The average molecular weight is 360 g/mol. The predicted octanol–water partition coefficient (Wildman–Crippen LogP) is 4.36. The molecule has 1 amide bonds. The highest BCUT2D eigenvalue weighted by molar-refractivity contribution is 6.06. The second kappa shape index (κ2) is 6.92. The average Bonchev–Trinajstić information content (AvgIpc) is 3.33. The van der Waals surface area contributed by atoms with Gasteiger partial charge in [-0.2, -0.15) is 5.10 Å². The molecule has 0 atom stereocenters. The zero-order valence-electron chi connectivity index (χ0n) is 14.6. The first-order valence-corrected chi connectivity index (χ1v) is 8.47. The van der Waals surface area contributed by atoms with Crippen LogP contribution in [0.1, 0.15) is 15.9 Å². The second-order valence-electron chi connectivity index (χ2n) is 6.18. The van der Waals surface area contributed by atoms with Gasteiger partial charge in [0.25, 0.3) is 5.91 Å². The van der Waals surface area contributed by atoms with Crippen molar-refractivity contribution in [3.05, 3.63) is 96.2 Å². The maximum absolute atomic E-state index is 13.1. The molecular formula is C21H17FN4O. The first kappa shape index (κ1) is 16.8. The molecule has 134 valence electrons. The normalized spacial score (nSPS) is 10.7. The summed E-state index contributed by atoms with van der Waals surface area (Å²) in [5.41, 5.74) is 2.92. The van der Waals surface area contributed by atoms with Crippen molar-refractivity contribution in [2.45, 2.75) is 6.92 Å². The molecule has 5 nitrogen and oxygen atoms in total. The number of anilines is 1. The minimum atomic E-state index is -0.354. The third kappa shape index (κ3) is 3.37. The Morgan fingerprint density at radius 1 is 1.00 bits per heavy atom. The number of aromatic nitrogens is 3. The largest absolute Gasteiger partial charge is 0.322 e. The van der Waals surface area contributed by atoms with E-state index >= 15 is 0 Å². The Balaban J connectivity index is 1.75. The summed E-state index contributed by atoms with van der Waals surface area (Å²) in [5.74, 6) is -0.0413. The highest BCUT2D eigenvalue weighted by Gasteiger charge is 2.20. The molecule has 0 fully saturated rings. The Kier molecular flexibility index (Phi) is 4.30. The number of amides is 1. The Labute approximate surface area is 155 Å². The molecule has 1 N–H and O–H groups in total. The van der Waals surface area contributed by atoms with E-state index in [2.05, 4.69) is 10.4 Å². The van der Waals surface area contributed by atoms with Gasteiger partial charge in [0.2, 0.25) is 0 Å². The summed E-state index contributed by atoms with van der Waals surface area (Å²) in [7, 11) is 0. The van der Waals surface area contributed by atoms with Gasteiger partial charge in [0.1, 0.15) is 11.4 Å². The number of carbonyl (C=O) groups excluding carboxylic acids is 1. The Bertz CT molecular complexity index is 1060. The van der Waals surface area contributed by atoms with E-state index in [1.165, 1.54) is 30.5 Å². The van der Waals surface area contributed by atoms with Crippen LogP contribution < -0.4 is 5.32 Å². The fraction of sp³-hybridized carbons (Fsp3) is 0.0476. The van der Waals surface area contributed by atoms with E-state index in [0.717, 1.165) is 11.3 Å². The van der Waals surface area contributed by atoms with E-state index in [9.17, 15) is 9.18 Å². The molecule has 0 unspecified atom stereocenters. The van der Waals surface area contributed by atoms with Crippen molar-refractivity contribution in [1.82, 2.24) is 14.3 Å². The maximum Gasteiger partial charge on any atom is 0.261 e. The number of carbonyl (C=O) groups is 1. The molecule has 0 spiro atoms. The predicted molar refractivity (Wildman–Crippen MR) is 102 cm³/mol. The molecule has 4 rings (SSSR count). The van der Waals surface area contributed by atoms with Crippen LogP contribution in [0.5, 0.6) is 0 Å². The van der Waals surface area contributed by atoms with Crippen molar-refractivity contribution < 1.29 is 9.18 Å². The van der Waals surface area contributed by atoms with E-state index in [0.29, 0.717) is 17.1 Å². The van der Waals surface area contributed by atoms with Crippen LogP contribution in [0.3, 0.4) is 0 Å². The lowest BCUT2D eigenvalue weighted by atomic mass is 10.2. The number of benzene rings is 2. The van der Waals surface area contributed by atoms with E-state index in [-0.39, 0.29) is 11.7 Å². The molecule has 0 saturated heterocycles. The number of nitrogens with zero attached hydrogens (tertiary/aromatic N) is 3. The van der Waals surface area contributed by atoms with E-state index < -0.39 is 0 Å². The molecule has 2 aromatic heterocycles. The van der Waals surface area contributed by atoms with Crippen LogP contribution in [-0.4, -0.2) is 20.3 Å². The summed E-state index contributed by atoms with van der Waals surface area (Å²) in [4.78, 5) is 12.8. The number of aryl methyl sites for hydroxylation is 1. The van der Waals surface area contributed by atoms with Crippen molar-refractivity contribution >= 4 is 11.6 Å². The quantitative estimate of drug-likeness (QED) is 0.588. The minimum Gasteiger partial charge on any atom is -0.322 e. The van der Waals surface area contributed by atoms with Gasteiger partial charge in [-0.1, -0.05) is 17.7 Å². The number of hydrogen-bond donors (Lipinski definition) is 1. The lowest BCUT2D eigenvalue weighted by Crippen LogP contribution is -2.15. The van der Waals surface area contributed by atoms with Crippen LogP contribution in [0.4, 0.5) is 10.1 Å². The van der Waals surface area contributed by atoms with Crippen LogP contribution in [-0.2, 0) is 0 Å². The molecule has 0 aliphatic heterocycles. The molecule has 27 heavy (non-hydrogen) atoms. The zero-order chi connectivity index (χ0) is 18.8. The molecule has 0 radical (unpaired) electrons. The molecule has 0 saturated carbocycles. The summed E-state index contributed by atoms with van der Waals surface area (Å²) in [6.45, 7) is 2.02. The Morgan fingerprint density at radius 3 is 2.33 bits per heavy atom. The van der Waals surface area contributed by atoms with Crippen LogP contribution >= 0.6 is 0 Å². The van der Waals surface area contributed by atoms with E-state index in [1.54, 1.807) is 4.68 Å². The van der Waals surface area contributed by atoms with Gasteiger partial charge in [0.15, 0.2) is 5.82 Å². The topological polar surface area (TPSA) is 51.9 Å². The smallest absolute Gasteiger partial charge is 0.261 e. The van der Waals surface area contributed by atoms with Gasteiger partial charge >= 0.3 is 0 Å². The Morgan fingerprint density at radius 2 is 1.67 bits per heavy atom. The number of nitrogens with one attached hydrogen (secondary N) is 1. The summed E-state index contributed by atoms with van der Waals surface area (Å²) >= 11 is 0. The van der Waals surface area contributed by atoms with Crippen molar-refractivity contribution in [2.24, 2.45) is 0 Å². The van der Waals surface area contributed by atoms with Gasteiger partial charge in [-0.15, -0.1) is 0 Å². The van der Waals surface area contributed by atoms with Gasteiger partial charge in [-0.05, 0) is 55.5 Å². The van der Waals surface area contributed by atoms with Gasteiger partial charge < -0.3 is 9.88 Å². The van der Waals surface area contributed by atoms with Gasteiger partial charge in [0.05, 0.1) is 11.9 Å². The third-order valence-corrected chi connectivity index (χ3v) is 4.22. The highest BCUT2D eigenvalue weighted by Crippen LogP contribution is 2.21. The molecule has 0 aliphatic carbocycles. The van der Waals surface area contributed by atoms with Crippen LogP contribution in [0.2, 0.25) is 0 Å². The summed E-state index contributed by atoms with van der Waals surface area (Å²) in [6, 6.07) is 17.3. The standard InChI is InChI=1S/C21H17FN4O/c1-15-4-10-18(11-5-15)26-21(25-12-2-3-13-25)19(14-23-26)20(27)24-17-8-6-16(22)7-9-17/h2-14H,1H3,(H,24,27). The molecule has 2 aromatic carbocycles. The fourth-order valence-corrected chi connectivity index (χ4v) is 2.83. The lowest BCUT2D eigenvalue weighted by molar-refractivity contribution is 0.102. The SMILES string of the molecule is Cc1ccc(-n2ncc(C(=O)Nc3ccc(F)cc3)c2-n2cccc2)cc1. The second-order valence-corrected chi connectivity index (χ2v) is 6.18. The summed E-state index contributed by atoms with van der Waals surface area (Å²) in [5, 5.41) is 7.21. The summed E-state index contributed by atoms with van der Waals surface area (Å²) in [6.07, 6.45) is 5.25. The lowest BCUT2D eigenvalue weighted by Gasteiger charge is -2.11. The summed E-state index contributed by atoms with van der Waals surface area (Å²) < 4.78 is 16.6. The Hall–Kier alpha value is -3.67. The molecule has 4 aromatic rings. The van der Waals surface area contributed by atoms with Crippen molar-refractivity contribution in [3.8, 4) is 11.5 Å². The number of halogens is 1. The minimum absolute atomic E-state index is 0.316. The molecule has 0 aliphatic rings. The number of hydrogen-bond acceptors (Lipinski definition) is 2. The van der Waals surface area contributed by atoms with Gasteiger partial charge in [-0.25, -0.2) is 9.07 Å². The van der Waals surface area contributed by atoms with Gasteiger partial charge in [-0.3, -0.25) is 4.79 Å². The number of rotatable bonds is 4. The van der Waals surface area contributed by atoms with E-state index in [4.69, 9.17) is 0 Å². The van der Waals surface area contributed by atoms with Crippen LogP contribution in [0.25, 0.3) is 11.5 Å². The van der Waals surface area contributed by atoms with Gasteiger partial charge in [0, 0.05) is 18.1 Å². The van der Waals surface area contributed by atoms with Crippen LogP contribution in [0.15, 0.2) is 79.3 Å².